The van der Waals surface area contributed by atoms with Crippen LogP contribution in [-0.4, -0.2) is 29.4 Å². The van der Waals surface area contributed by atoms with Crippen molar-refractivity contribution in [2.45, 2.75) is 25.5 Å². The van der Waals surface area contributed by atoms with Gasteiger partial charge in [0.15, 0.2) is 0 Å². The summed E-state index contributed by atoms with van der Waals surface area (Å²) < 4.78 is 7.61. The zero-order valence-electron chi connectivity index (χ0n) is 11.5. The molecule has 20 heavy (non-hydrogen) atoms. The number of nitrogens with zero attached hydrogens (tertiary/aromatic N) is 1. The number of aliphatic hydroxyl groups excluding tert-OH is 1. The third-order valence-electron chi connectivity index (χ3n) is 4.29. The number of benzene rings is 1. The molecular weight excluding hydrogens is 252 g/mol. The highest BCUT2D eigenvalue weighted by atomic mass is 16.5. The molecule has 1 aromatic carbocycles. The summed E-state index contributed by atoms with van der Waals surface area (Å²) in [6.45, 7) is 1.26. The number of methoxy groups -OCH3 is 1. The van der Waals surface area contributed by atoms with Crippen molar-refractivity contribution in [3.05, 3.63) is 35.5 Å². The summed E-state index contributed by atoms with van der Waals surface area (Å²) in [6.07, 6.45) is 3.98. The zero-order chi connectivity index (χ0) is 13.7. The Hall–Kier alpha value is -1.94. The molecule has 4 rings (SSSR count). The average molecular weight is 270 g/mol. The molecule has 2 aromatic rings. The molecule has 0 bridgehead atoms. The van der Waals surface area contributed by atoms with Crippen molar-refractivity contribution in [3.8, 4) is 5.75 Å². The number of allylic oxidation sites excluding steroid dienone is 1. The number of hydrogen-bond acceptors (Lipinski definition) is 3. The maximum absolute atomic E-state index is 10.1. The Kier molecular flexibility index (Phi) is 2.54. The predicted molar refractivity (Wildman–Crippen MR) is 78.8 cm³/mol. The molecule has 0 amide bonds. The van der Waals surface area contributed by atoms with Gasteiger partial charge in [-0.25, -0.2) is 0 Å². The van der Waals surface area contributed by atoms with Crippen molar-refractivity contribution in [1.29, 1.82) is 0 Å². The van der Waals surface area contributed by atoms with Crippen LogP contribution in [0.25, 0.3) is 16.6 Å². The predicted octanol–water partition coefficient (Wildman–Crippen LogP) is 1.90. The fourth-order valence-electron chi connectivity index (χ4n) is 3.40. The van der Waals surface area contributed by atoms with Gasteiger partial charge in [-0.1, -0.05) is 6.08 Å². The highest BCUT2D eigenvalue weighted by Crippen LogP contribution is 2.37. The third kappa shape index (κ3) is 1.58. The first kappa shape index (κ1) is 11.9. The largest absolute Gasteiger partial charge is 0.497 e. The van der Waals surface area contributed by atoms with E-state index in [4.69, 9.17) is 4.74 Å². The van der Waals surface area contributed by atoms with Gasteiger partial charge in [-0.2, -0.15) is 0 Å². The number of rotatable bonds is 1. The molecule has 0 saturated heterocycles. The molecule has 0 fully saturated rings. The van der Waals surface area contributed by atoms with Crippen LogP contribution >= 0.6 is 0 Å². The molecule has 4 heteroatoms. The molecule has 1 aliphatic carbocycles. The van der Waals surface area contributed by atoms with Gasteiger partial charge in [-0.05, 0) is 36.6 Å². The highest BCUT2D eigenvalue weighted by Gasteiger charge is 2.26. The van der Waals surface area contributed by atoms with Gasteiger partial charge < -0.3 is 19.7 Å². The lowest BCUT2D eigenvalue weighted by Crippen LogP contribution is -2.25. The van der Waals surface area contributed by atoms with Gasteiger partial charge in [0.2, 0.25) is 0 Å². The summed E-state index contributed by atoms with van der Waals surface area (Å²) in [5.41, 5.74) is 4.97. The molecule has 1 aliphatic heterocycles. The Morgan fingerprint density at radius 3 is 3.15 bits per heavy atom. The Balaban J connectivity index is 2.04. The number of aromatic nitrogens is 1. The fraction of sp³-hybridized carbons (Fsp3) is 0.375. The van der Waals surface area contributed by atoms with E-state index in [9.17, 15) is 5.11 Å². The average Bonchev–Trinajstić information content (AvgIpc) is 2.67. The second-order valence-corrected chi connectivity index (χ2v) is 5.51. The van der Waals surface area contributed by atoms with Crippen molar-refractivity contribution in [1.82, 2.24) is 9.88 Å². The van der Waals surface area contributed by atoms with Crippen LogP contribution in [0, 0.1) is 0 Å². The van der Waals surface area contributed by atoms with Crippen molar-refractivity contribution < 1.29 is 9.84 Å². The van der Waals surface area contributed by atoms with Gasteiger partial charge in [-0.15, -0.1) is 0 Å². The standard InChI is InChI=1S/C16H18N2O2/c1-20-11-5-6-15-13(7-11)12-3-2-4-14-16(12)18(15)9-10(19)8-17-14/h4-7,10,17,19H,2-3,8-9H2,1H3. The van der Waals surface area contributed by atoms with Gasteiger partial charge in [0.25, 0.3) is 0 Å². The number of aryl methyl sites for hydroxylation is 1. The van der Waals surface area contributed by atoms with Gasteiger partial charge in [-0.3, -0.25) is 0 Å². The smallest absolute Gasteiger partial charge is 0.119 e. The number of hydrogen-bond donors (Lipinski definition) is 2. The maximum atomic E-state index is 10.1. The van der Waals surface area contributed by atoms with E-state index in [-0.39, 0.29) is 6.10 Å². The van der Waals surface area contributed by atoms with Crippen molar-refractivity contribution in [2.24, 2.45) is 0 Å². The van der Waals surface area contributed by atoms with E-state index in [1.165, 1.54) is 22.2 Å². The number of ether oxygens (including phenoxy) is 1. The molecule has 1 aromatic heterocycles. The molecule has 1 atom stereocenters. The maximum Gasteiger partial charge on any atom is 0.119 e. The molecule has 4 nitrogen and oxygen atoms in total. The van der Waals surface area contributed by atoms with Crippen LogP contribution in [0.3, 0.4) is 0 Å². The Morgan fingerprint density at radius 1 is 1.40 bits per heavy atom. The molecule has 2 aliphatic rings. The SMILES string of the molecule is COc1ccc2c(c1)c1c3n2CC(O)CNC3=CCC1. The van der Waals surface area contributed by atoms with Crippen LogP contribution in [0.2, 0.25) is 0 Å². The van der Waals surface area contributed by atoms with E-state index in [2.05, 4.69) is 28.1 Å². The quantitative estimate of drug-likeness (QED) is 0.832. The zero-order valence-corrected chi connectivity index (χ0v) is 11.5. The van der Waals surface area contributed by atoms with Crippen LogP contribution in [0.5, 0.6) is 5.75 Å². The van der Waals surface area contributed by atoms with Crippen LogP contribution in [0.1, 0.15) is 17.7 Å². The van der Waals surface area contributed by atoms with Crippen LogP contribution in [-0.2, 0) is 13.0 Å². The summed E-state index contributed by atoms with van der Waals surface area (Å²) >= 11 is 0. The van der Waals surface area contributed by atoms with Crippen molar-refractivity contribution >= 4 is 16.6 Å². The van der Waals surface area contributed by atoms with E-state index >= 15 is 0 Å². The molecule has 2 heterocycles. The molecule has 0 saturated carbocycles. The minimum absolute atomic E-state index is 0.358. The third-order valence-corrected chi connectivity index (χ3v) is 4.29. The molecule has 2 N–H and O–H groups in total. The first-order valence-corrected chi connectivity index (χ1v) is 7.09. The molecule has 0 spiro atoms. The second-order valence-electron chi connectivity index (χ2n) is 5.51. The van der Waals surface area contributed by atoms with Crippen LogP contribution < -0.4 is 10.1 Å². The van der Waals surface area contributed by atoms with Crippen molar-refractivity contribution in [2.75, 3.05) is 13.7 Å². The number of nitrogens with one attached hydrogen (secondary N) is 1. The van der Waals surface area contributed by atoms with Gasteiger partial charge in [0.1, 0.15) is 5.75 Å². The van der Waals surface area contributed by atoms with Crippen LogP contribution in [0.4, 0.5) is 0 Å². The topological polar surface area (TPSA) is 46.4 Å². The van der Waals surface area contributed by atoms with Gasteiger partial charge in [0.05, 0.1) is 31.1 Å². The van der Waals surface area contributed by atoms with Gasteiger partial charge in [0, 0.05) is 17.4 Å². The van der Waals surface area contributed by atoms with E-state index in [1.807, 2.05) is 6.07 Å². The number of β-amino-alcohol motifs (C(OH)–C–C–N with tert-alkyl or cyclic N) is 1. The van der Waals surface area contributed by atoms with E-state index in [1.54, 1.807) is 7.11 Å². The Labute approximate surface area is 117 Å². The lowest BCUT2D eigenvalue weighted by molar-refractivity contribution is 0.161. The highest BCUT2D eigenvalue weighted by molar-refractivity contribution is 5.92. The summed E-state index contributed by atoms with van der Waals surface area (Å²) in [7, 11) is 1.70. The number of aliphatic hydroxyl groups is 1. The summed E-state index contributed by atoms with van der Waals surface area (Å²) in [6, 6.07) is 6.20. The fourth-order valence-corrected chi connectivity index (χ4v) is 3.40. The Bertz CT molecular complexity index is 715. The lowest BCUT2D eigenvalue weighted by Gasteiger charge is -2.15. The van der Waals surface area contributed by atoms with E-state index in [0.717, 1.165) is 24.3 Å². The number of fused-ring (bicyclic) bond motifs is 3. The van der Waals surface area contributed by atoms with Gasteiger partial charge >= 0.3 is 0 Å². The molecule has 0 radical (unpaired) electrons. The molecule has 1 unspecified atom stereocenters. The normalized spacial score (nSPS) is 20.9. The minimum Gasteiger partial charge on any atom is -0.497 e. The molecule has 104 valence electrons. The molecular formula is C16H18N2O2. The first-order valence-electron chi connectivity index (χ1n) is 7.09. The second kappa shape index (κ2) is 4.28. The van der Waals surface area contributed by atoms with E-state index in [0.29, 0.717) is 13.1 Å². The summed E-state index contributed by atoms with van der Waals surface area (Å²) in [4.78, 5) is 0. The van der Waals surface area contributed by atoms with Crippen molar-refractivity contribution in [3.63, 3.8) is 0 Å². The van der Waals surface area contributed by atoms with E-state index < -0.39 is 0 Å². The van der Waals surface area contributed by atoms with Crippen LogP contribution in [0.15, 0.2) is 24.3 Å². The monoisotopic (exact) mass is 270 g/mol. The lowest BCUT2D eigenvalue weighted by atomic mass is 9.98. The minimum atomic E-state index is -0.358. The Morgan fingerprint density at radius 2 is 2.30 bits per heavy atom. The summed E-state index contributed by atoms with van der Waals surface area (Å²) in [5.74, 6) is 0.888. The summed E-state index contributed by atoms with van der Waals surface area (Å²) in [5, 5.41) is 14.7. The first-order chi connectivity index (χ1) is 9.78.